The molecule has 7 nitrogen and oxygen atoms in total. The average molecular weight is 378 g/mol. The van der Waals surface area contributed by atoms with Crippen LogP contribution in [0.1, 0.15) is 46.6 Å². The Bertz CT molecular complexity index is 662. The molecule has 7 heteroatoms. The maximum absolute atomic E-state index is 12.0. The number of amides is 1. The molecule has 150 valence electrons. The molecule has 0 aliphatic carbocycles. The maximum Gasteiger partial charge on any atom is 0.321 e. The maximum atomic E-state index is 12.0. The predicted molar refractivity (Wildman–Crippen MR) is 104 cm³/mol. The van der Waals surface area contributed by atoms with Crippen LogP contribution in [-0.4, -0.2) is 40.1 Å². The van der Waals surface area contributed by atoms with Crippen molar-refractivity contribution < 1.29 is 24.6 Å². The minimum atomic E-state index is -1.10. The van der Waals surface area contributed by atoms with Crippen LogP contribution in [0.15, 0.2) is 24.3 Å². The molecule has 0 aliphatic heterocycles. The predicted octanol–water partition coefficient (Wildman–Crippen LogP) is 2.76. The van der Waals surface area contributed by atoms with Gasteiger partial charge in [0.2, 0.25) is 5.91 Å². The van der Waals surface area contributed by atoms with Gasteiger partial charge in [-0.25, -0.2) is 0 Å². The highest BCUT2D eigenvalue weighted by Gasteiger charge is 2.27. The van der Waals surface area contributed by atoms with Gasteiger partial charge in [-0.15, -0.1) is 0 Å². The van der Waals surface area contributed by atoms with Crippen LogP contribution in [0.2, 0.25) is 0 Å². The monoisotopic (exact) mass is 378 g/mol. The third-order valence-electron chi connectivity index (χ3n) is 4.04. The number of hydrogen-bond acceptors (Lipinski definition) is 4. The van der Waals surface area contributed by atoms with Gasteiger partial charge in [0.15, 0.2) is 0 Å². The van der Waals surface area contributed by atoms with Crippen molar-refractivity contribution in [2.24, 2.45) is 11.3 Å². The largest absolute Gasteiger partial charge is 0.480 e. The third-order valence-corrected chi connectivity index (χ3v) is 4.04. The lowest BCUT2D eigenvalue weighted by Gasteiger charge is -2.22. The van der Waals surface area contributed by atoms with E-state index in [9.17, 15) is 24.6 Å². The van der Waals surface area contributed by atoms with Crippen LogP contribution in [0.5, 0.6) is 0 Å². The fraction of sp³-hybridized carbons (Fsp3) is 0.550. The molecule has 0 heterocycles. The van der Waals surface area contributed by atoms with Crippen LogP contribution in [0, 0.1) is 11.3 Å². The van der Waals surface area contributed by atoms with E-state index in [4.69, 9.17) is 0 Å². The minimum Gasteiger partial charge on any atom is -0.480 e. The van der Waals surface area contributed by atoms with Gasteiger partial charge in [-0.3, -0.25) is 19.7 Å². The van der Waals surface area contributed by atoms with Crippen molar-refractivity contribution in [3.8, 4) is 0 Å². The summed E-state index contributed by atoms with van der Waals surface area (Å²) in [6.07, 6.45) is 0.488. The van der Waals surface area contributed by atoms with Crippen LogP contribution in [0.25, 0.3) is 0 Å². The Kier molecular flexibility index (Phi) is 7.97. The number of carbonyl (C=O) groups is 3. The molecule has 0 spiro atoms. The fourth-order valence-electron chi connectivity index (χ4n) is 2.45. The highest BCUT2D eigenvalue weighted by molar-refractivity contribution is 5.94. The van der Waals surface area contributed by atoms with E-state index in [1.54, 1.807) is 24.3 Å². The fourth-order valence-corrected chi connectivity index (χ4v) is 2.45. The summed E-state index contributed by atoms with van der Waals surface area (Å²) in [7, 11) is 0. The Hall–Kier alpha value is -2.41. The SMILES string of the molecule is CC(C)CC(NC(Cc1ccc(NC(=O)C(C)(C)C)cc1)C(=O)O)C(=O)O. The number of carboxylic acids is 2. The molecule has 2 unspecified atom stereocenters. The summed E-state index contributed by atoms with van der Waals surface area (Å²) in [6.45, 7) is 9.22. The first kappa shape index (κ1) is 22.6. The smallest absolute Gasteiger partial charge is 0.321 e. The highest BCUT2D eigenvalue weighted by Crippen LogP contribution is 2.18. The Morgan fingerprint density at radius 2 is 1.48 bits per heavy atom. The zero-order valence-electron chi connectivity index (χ0n) is 16.6. The molecule has 1 rings (SSSR count). The van der Waals surface area contributed by atoms with E-state index in [0.29, 0.717) is 12.1 Å². The second kappa shape index (κ2) is 9.50. The quantitative estimate of drug-likeness (QED) is 0.525. The number of benzene rings is 1. The number of aliphatic carboxylic acids is 2. The van der Waals surface area contributed by atoms with Gasteiger partial charge in [-0.05, 0) is 36.5 Å². The van der Waals surface area contributed by atoms with E-state index in [2.05, 4.69) is 10.6 Å². The van der Waals surface area contributed by atoms with Crippen molar-refractivity contribution in [1.29, 1.82) is 0 Å². The van der Waals surface area contributed by atoms with Gasteiger partial charge in [-0.2, -0.15) is 0 Å². The van der Waals surface area contributed by atoms with Gasteiger partial charge in [0, 0.05) is 11.1 Å². The Balaban J connectivity index is 2.81. The van der Waals surface area contributed by atoms with Gasteiger partial charge in [0.05, 0.1) is 0 Å². The molecule has 0 bridgehead atoms. The van der Waals surface area contributed by atoms with Gasteiger partial charge in [0.25, 0.3) is 0 Å². The molecule has 0 radical (unpaired) electrons. The zero-order chi connectivity index (χ0) is 20.8. The van der Waals surface area contributed by atoms with Crippen molar-refractivity contribution >= 4 is 23.5 Å². The van der Waals surface area contributed by atoms with Crippen LogP contribution in [0.4, 0.5) is 5.69 Å². The first-order valence-electron chi connectivity index (χ1n) is 9.02. The summed E-state index contributed by atoms with van der Waals surface area (Å²) >= 11 is 0. The van der Waals surface area contributed by atoms with Gasteiger partial charge in [-0.1, -0.05) is 46.8 Å². The van der Waals surface area contributed by atoms with Crippen LogP contribution in [-0.2, 0) is 20.8 Å². The van der Waals surface area contributed by atoms with Crippen molar-refractivity contribution in [3.05, 3.63) is 29.8 Å². The van der Waals surface area contributed by atoms with E-state index in [0.717, 1.165) is 5.56 Å². The number of anilines is 1. The van der Waals surface area contributed by atoms with Crippen LogP contribution in [0.3, 0.4) is 0 Å². The molecule has 0 fully saturated rings. The third kappa shape index (κ3) is 7.78. The van der Waals surface area contributed by atoms with Crippen LogP contribution >= 0.6 is 0 Å². The summed E-state index contributed by atoms with van der Waals surface area (Å²) in [5.74, 6) is -2.15. The normalized spacial score (nSPS) is 13.9. The van der Waals surface area contributed by atoms with E-state index in [1.165, 1.54) is 0 Å². The Morgan fingerprint density at radius 3 is 1.89 bits per heavy atom. The van der Waals surface area contributed by atoms with Crippen molar-refractivity contribution in [2.75, 3.05) is 5.32 Å². The minimum absolute atomic E-state index is 0.113. The Labute approximate surface area is 160 Å². The van der Waals surface area contributed by atoms with Gasteiger partial charge >= 0.3 is 11.9 Å². The molecular formula is C20H30N2O5. The lowest BCUT2D eigenvalue weighted by Crippen LogP contribution is -2.48. The molecule has 0 aromatic heterocycles. The Morgan fingerprint density at radius 1 is 0.963 bits per heavy atom. The van der Waals surface area contributed by atoms with E-state index in [1.807, 2.05) is 34.6 Å². The number of hydrogen-bond donors (Lipinski definition) is 4. The zero-order valence-corrected chi connectivity index (χ0v) is 16.6. The molecule has 1 aromatic rings. The van der Waals surface area contributed by atoms with Crippen LogP contribution < -0.4 is 10.6 Å². The molecule has 0 aliphatic rings. The molecule has 0 saturated heterocycles. The number of nitrogens with one attached hydrogen (secondary N) is 2. The molecule has 2 atom stereocenters. The van der Waals surface area contributed by atoms with Gasteiger partial charge < -0.3 is 15.5 Å². The van der Waals surface area contributed by atoms with Crippen molar-refractivity contribution in [3.63, 3.8) is 0 Å². The molecule has 4 N–H and O–H groups in total. The van der Waals surface area contributed by atoms with Gasteiger partial charge in [0.1, 0.15) is 12.1 Å². The average Bonchev–Trinajstić information content (AvgIpc) is 2.53. The first-order chi connectivity index (χ1) is 12.4. The van der Waals surface area contributed by atoms with Crippen molar-refractivity contribution in [2.45, 2.75) is 59.5 Å². The number of carboxylic acid groups (broad SMARTS) is 2. The second-order valence-corrected chi connectivity index (χ2v) is 8.18. The van der Waals surface area contributed by atoms with E-state index in [-0.39, 0.29) is 18.2 Å². The van der Waals surface area contributed by atoms with Crippen molar-refractivity contribution in [1.82, 2.24) is 5.32 Å². The molecule has 1 amide bonds. The number of rotatable bonds is 9. The highest BCUT2D eigenvalue weighted by atomic mass is 16.4. The topological polar surface area (TPSA) is 116 Å². The molecule has 0 saturated carbocycles. The van der Waals surface area contributed by atoms with E-state index < -0.39 is 29.4 Å². The second-order valence-electron chi connectivity index (χ2n) is 8.18. The summed E-state index contributed by atoms with van der Waals surface area (Å²) in [4.78, 5) is 34.9. The summed E-state index contributed by atoms with van der Waals surface area (Å²) in [5, 5.41) is 24.3. The summed E-state index contributed by atoms with van der Waals surface area (Å²) in [5.41, 5.74) is 0.846. The molecular weight excluding hydrogens is 348 g/mol. The number of carbonyl (C=O) groups excluding carboxylic acids is 1. The summed E-state index contributed by atoms with van der Waals surface area (Å²) < 4.78 is 0. The molecule has 27 heavy (non-hydrogen) atoms. The summed E-state index contributed by atoms with van der Waals surface area (Å²) in [6, 6.07) is 4.94. The van der Waals surface area contributed by atoms with E-state index >= 15 is 0 Å². The standard InChI is InChI=1S/C20H30N2O5/c1-12(2)10-15(17(23)24)22-16(18(25)26)11-13-6-8-14(9-7-13)21-19(27)20(3,4)5/h6-9,12,15-16,22H,10-11H2,1-5H3,(H,21,27)(H,23,24)(H,25,26). The lowest BCUT2D eigenvalue weighted by atomic mass is 9.95. The first-order valence-corrected chi connectivity index (χ1v) is 9.02. The molecule has 1 aromatic carbocycles. The lowest BCUT2D eigenvalue weighted by molar-refractivity contribution is -0.143.